The number of rotatable bonds is 5. The van der Waals surface area contributed by atoms with Gasteiger partial charge in [0.05, 0.1) is 9.23 Å². The lowest BCUT2D eigenvalue weighted by atomic mass is 10.1. The maximum atomic E-state index is 11.5. The summed E-state index contributed by atoms with van der Waals surface area (Å²) in [6.45, 7) is 2.34. The van der Waals surface area contributed by atoms with Gasteiger partial charge in [0.2, 0.25) is 10.0 Å². The first-order valence-electron chi connectivity index (χ1n) is 6.18. The monoisotopic (exact) mass is 345 g/mol. The highest BCUT2D eigenvalue weighted by Gasteiger charge is 2.15. The molecule has 0 amide bonds. The number of benzene rings is 1. The van der Waals surface area contributed by atoms with Crippen LogP contribution in [0.1, 0.15) is 10.4 Å². The lowest BCUT2D eigenvalue weighted by Crippen LogP contribution is -2.16. The standard InChI is InChI=1S/C13H16ClN3O2S2/c1-8-11(6-9(15)7-12(8)21(16,18)19)17-5-4-10-2-3-13(14)20-10/h2-3,6-7,17H,4-5,15H2,1H3,(H2,16,18,19). The average Bonchev–Trinajstić information content (AvgIpc) is 2.77. The Bertz CT molecular complexity index is 757. The zero-order chi connectivity index (χ0) is 15.6. The minimum absolute atomic E-state index is 0.0455. The molecule has 1 heterocycles. The molecule has 8 heteroatoms. The largest absolute Gasteiger partial charge is 0.399 e. The van der Waals surface area contributed by atoms with E-state index in [-0.39, 0.29) is 4.90 Å². The predicted molar refractivity (Wildman–Crippen MR) is 88.5 cm³/mol. The van der Waals surface area contributed by atoms with Crippen molar-refractivity contribution in [3.63, 3.8) is 0 Å². The lowest BCUT2D eigenvalue weighted by Gasteiger charge is -2.13. The molecule has 0 aliphatic heterocycles. The van der Waals surface area contributed by atoms with Gasteiger partial charge in [-0.05, 0) is 43.2 Å². The molecule has 0 saturated carbocycles. The highest BCUT2D eigenvalue weighted by molar-refractivity contribution is 7.89. The van der Waals surface area contributed by atoms with Crippen LogP contribution in [0.5, 0.6) is 0 Å². The van der Waals surface area contributed by atoms with E-state index in [0.29, 0.717) is 23.5 Å². The Labute approximate surface area is 133 Å². The summed E-state index contributed by atoms with van der Waals surface area (Å²) in [5.41, 5.74) is 7.32. The van der Waals surface area contributed by atoms with E-state index in [1.54, 1.807) is 13.0 Å². The van der Waals surface area contributed by atoms with Gasteiger partial charge in [0.15, 0.2) is 0 Å². The lowest BCUT2D eigenvalue weighted by molar-refractivity contribution is 0.597. The predicted octanol–water partition coefficient (Wildman–Crippen LogP) is 2.59. The van der Waals surface area contributed by atoms with Crippen molar-refractivity contribution in [1.82, 2.24) is 0 Å². The minimum atomic E-state index is -3.79. The van der Waals surface area contributed by atoms with Gasteiger partial charge in [-0.25, -0.2) is 13.6 Å². The SMILES string of the molecule is Cc1c(NCCc2ccc(Cl)s2)cc(N)cc1S(N)(=O)=O. The van der Waals surface area contributed by atoms with Crippen LogP contribution in [0.4, 0.5) is 11.4 Å². The van der Waals surface area contributed by atoms with Crippen LogP contribution in [0.2, 0.25) is 4.34 Å². The van der Waals surface area contributed by atoms with E-state index < -0.39 is 10.0 Å². The van der Waals surface area contributed by atoms with E-state index in [4.69, 9.17) is 22.5 Å². The van der Waals surface area contributed by atoms with E-state index in [0.717, 1.165) is 15.6 Å². The number of hydrogen-bond donors (Lipinski definition) is 3. The smallest absolute Gasteiger partial charge is 0.238 e. The van der Waals surface area contributed by atoms with Gasteiger partial charge in [-0.15, -0.1) is 11.3 Å². The summed E-state index contributed by atoms with van der Waals surface area (Å²) < 4.78 is 23.8. The molecule has 0 saturated heterocycles. The van der Waals surface area contributed by atoms with Crippen LogP contribution in [-0.4, -0.2) is 15.0 Å². The Hall–Kier alpha value is -1.28. The first-order chi connectivity index (χ1) is 9.77. The quantitative estimate of drug-likeness (QED) is 0.725. The number of nitrogen functional groups attached to an aromatic ring is 1. The second-order valence-electron chi connectivity index (χ2n) is 4.62. The molecular formula is C13H16ClN3O2S2. The van der Waals surface area contributed by atoms with Crippen LogP contribution in [0.3, 0.4) is 0 Å². The molecule has 21 heavy (non-hydrogen) atoms. The number of hydrogen-bond acceptors (Lipinski definition) is 5. The van der Waals surface area contributed by atoms with Crippen LogP contribution in [-0.2, 0) is 16.4 Å². The molecule has 114 valence electrons. The Balaban J connectivity index is 2.15. The summed E-state index contributed by atoms with van der Waals surface area (Å²) in [6.07, 6.45) is 0.788. The Morgan fingerprint density at radius 1 is 1.33 bits per heavy atom. The van der Waals surface area contributed by atoms with Crippen LogP contribution in [0.15, 0.2) is 29.2 Å². The summed E-state index contributed by atoms with van der Waals surface area (Å²) in [6, 6.07) is 6.89. The number of sulfonamides is 1. The molecule has 0 fully saturated rings. The molecule has 0 bridgehead atoms. The van der Waals surface area contributed by atoms with E-state index in [1.165, 1.54) is 17.4 Å². The molecule has 0 spiro atoms. The number of halogens is 1. The zero-order valence-electron chi connectivity index (χ0n) is 11.4. The summed E-state index contributed by atoms with van der Waals surface area (Å²) in [5, 5.41) is 8.38. The molecule has 0 aliphatic carbocycles. The Kier molecular flexibility index (Phi) is 4.77. The number of thiophene rings is 1. The van der Waals surface area contributed by atoms with Crippen molar-refractivity contribution < 1.29 is 8.42 Å². The summed E-state index contributed by atoms with van der Waals surface area (Å²) in [7, 11) is -3.79. The van der Waals surface area contributed by atoms with Gasteiger partial charge in [0, 0.05) is 22.8 Å². The molecule has 1 aromatic carbocycles. The van der Waals surface area contributed by atoms with Crippen LogP contribution < -0.4 is 16.2 Å². The van der Waals surface area contributed by atoms with Gasteiger partial charge in [0.25, 0.3) is 0 Å². The van der Waals surface area contributed by atoms with E-state index in [9.17, 15) is 8.42 Å². The zero-order valence-corrected chi connectivity index (χ0v) is 13.8. The van der Waals surface area contributed by atoms with Gasteiger partial charge in [-0.1, -0.05) is 11.6 Å². The first-order valence-corrected chi connectivity index (χ1v) is 8.92. The number of primary sulfonamides is 1. The van der Waals surface area contributed by atoms with E-state index >= 15 is 0 Å². The molecule has 1 aromatic heterocycles. The van der Waals surface area contributed by atoms with Crippen molar-refractivity contribution in [2.45, 2.75) is 18.2 Å². The Morgan fingerprint density at radius 3 is 2.62 bits per heavy atom. The summed E-state index contributed by atoms with van der Waals surface area (Å²) in [4.78, 5) is 1.20. The minimum Gasteiger partial charge on any atom is -0.399 e. The van der Waals surface area contributed by atoms with Gasteiger partial charge >= 0.3 is 0 Å². The second-order valence-corrected chi connectivity index (χ2v) is 7.95. The molecule has 5 nitrogen and oxygen atoms in total. The second kappa shape index (κ2) is 6.23. The van der Waals surface area contributed by atoms with Gasteiger partial charge in [-0.2, -0.15) is 0 Å². The van der Waals surface area contributed by atoms with Crippen LogP contribution >= 0.6 is 22.9 Å². The molecule has 2 rings (SSSR count). The van der Waals surface area contributed by atoms with Crippen molar-refractivity contribution in [1.29, 1.82) is 0 Å². The van der Waals surface area contributed by atoms with Crippen molar-refractivity contribution in [2.24, 2.45) is 5.14 Å². The number of nitrogens with two attached hydrogens (primary N) is 2. The summed E-state index contributed by atoms with van der Waals surface area (Å²) >= 11 is 7.40. The normalized spacial score (nSPS) is 11.6. The maximum Gasteiger partial charge on any atom is 0.238 e. The van der Waals surface area contributed by atoms with E-state index in [1.807, 2.05) is 12.1 Å². The molecule has 5 N–H and O–H groups in total. The highest BCUT2D eigenvalue weighted by Crippen LogP contribution is 2.26. The molecule has 0 aliphatic rings. The Morgan fingerprint density at radius 2 is 2.05 bits per heavy atom. The topological polar surface area (TPSA) is 98.2 Å². The molecule has 2 aromatic rings. The van der Waals surface area contributed by atoms with Crippen LogP contribution in [0, 0.1) is 6.92 Å². The summed E-state index contributed by atoms with van der Waals surface area (Å²) in [5.74, 6) is 0. The van der Waals surface area contributed by atoms with E-state index in [2.05, 4.69) is 5.32 Å². The van der Waals surface area contributed by atoms with Crippen molar-refractivity contribution in [2.75, 3.05) is 17.6 Å². The molecule has 0 unspecified atom stereocenters. The van der Waals surface area contributed by atoms with Gasteiger partial charge < -0.3 is 11.1 Å². The maximum absolute atomic E-state index is 11.5. The first kappa shape index (κ1) is 16.1. The fraction of sp³-hybridized carbons (Fsp3) is 0.231. The van der Waals surface area contributed by atoms with Crippen LogP contribution in [0.25, 0.3) is 0 Å². The number of anilines is 2. The third-order valence-electron chi connectivity index (χ3n) is 3.00. The average molecular weight is 346 g/mol. The third-order valence-corrected chi connectivity index (χ3v) is 5.33. The van der Waals surface area contributed by atoms with Crippen molar-refractivity contribution in [3.8, 4) is 0 Å². The van der Waals surface area contributed by atoms with Gasteiger partial charge in [0.1, 0.15) is 0 Å². The number of nitrogens with one attached hydrogen (secondary N) is 1. The fourth-order valence-corrected chi connectivity index (χ4v) is 3.92. The molecule has 0 radical (unpaired) electrons. The molecular weight excluding hydrogens is 330 g/mol. The van der Waals surface area contributed by atoms with Gasteiger partial charge in [-0.3, -0.25) is 0 Å². The highest BCUT2D eigenvalue weighted by atomic mass is 35.5. The molecule has 0 atom stereocenters. The fourth-order valence-electron chi connectivity index (χ4n) is 1.99. The third kappa shape index (κ3) is 4.10. The van der Waals surface area contributed by atoms with Crippen molar-refractivity contribution >= 4 is 44.3 Å². The van der Waals surface area contributed by atoms with Crippen molar-refractivity contribution in [3.05, 3.63) is 39.0 Å².